The van der Waals surface area contributed by atoms with Gasteiger partial charge in [-0.15, -0.1) is 0 Å². The van der Waals surface area contributed by atoms with E-state index in [0.717, 1.165) is 31.2 Å². The molecule has 1 aromatic heterocycles. The van der Waals surface area contributed by atoms with Crippen molar-refractivity contribution in [2.45, 2.75) is 52.1 Å². The van der Waals surface area contributed by atoms with Crippen LogP contribution < -0.4 is 5.32 Å². The van der Waals surface area contributed by atoms with Gasteiger partial charge in [-0.25, -0.2) is 0 Å². The summed E-state index contributed by atoms with van der Waals surface area (Å²) in [5.41, 5.74) is 0. The molecule has 2 rings (SSSR count). The number of hydrogen-bond acceptors (Lipinski definition) is 3. The summed E-state index contributed by atoms with van der Waals surface area (Å²) in [7, 11) is 0. The molecule has 102 valence electrons. The van der Waals surface area contributed by atoms with E-state index < -0.39 is 0 Å². The molecular weight excluding hydrogens is 224 g/mol. The standard InChI is InChI=1S/C15H26N2O/c1-4-14-8-11-17(10-5-9-16-14)13(3)15-7-6-12(2)18-15/h6-7,13-14,16H,4-5,8-11H2,1-3H3. The normalized spacial score (nSPS) is 24.5. The molecule has 1 N–H and O–H groups in total. The molecule has 18 heavy (non-hydrogen) atoms. The third-order valence-electron chi connectivity index (χ3n) is 4.03. The van der Waals surface area contributed by atoms with Gasteiger partial charge in [-0.05, 0) is 51.8 Å². The predicted molar refractivity (Wildman–Crippen MR) is 74.7 cm³/mol. The minimum Gasteiger partial charge on any atom is -0.465 e. The highest BCUT2D eigenvalue weighted by Crippen LogP contribution is 2.23. The van der Waals surface area contributed by atoms with E-state index in [0.29, 0.717) is 12.1 Å². The highest BCUT2D eigenvalue weighted by Gasteiger charge is 2.21. The minimum atomic E-state index is 0.398. The van der Waals surface area contributed by atoms with Gasteiger partial charge >= 0.3 is 0 Å². The van der Waals surface area contributed by atoms with Gasteiger partial charge in [0.25, 0.3) is 0 Å². The summed E-state index contributed by atoms with van der Waals surface area (Å²) < 4.78 is 5.77. The van der Waals surface area contributed by atoms with Gasteiger partial charge in [0, 0.05) is 19.1 Å². The van der Waals surface area contributed by atoms with Crippen molar-refractivity contribution in [2.75, 3.05) is 19.6 Å². The zero-order chi connectivity index (χ0) is 13.0. The Kier molecular flexibility index (Phi) is 4.84. The lowest BCUT2D eigenvalue weighted by Crippen LogP contribution is -2.40. The lowest BCUT2D eigenvalue weighted by molar-refractivity contribution is 0.163. The Labute approximate surface area is 111 Å². The smallest absolute Gasteiger partial charge is 0.121 e. The molecule has 0 amide bonds. The van der Waals surface area contributed by atoms with E-state index in [1.54, 1.807) is 0 Å². The number of nitrogens with zero attached hydrogens (tertiary/aromatic N) is 1. The molecule has 0 aromatic carbocycles. The van der Waals surface area contributed by atoms with Gasteiger partial charge in [-0.3, -0.25) is 4.90 Å². The summed E-state index contributed by atoms with van der Waals surface area (Å²) in [6.45, 7) is 9.99. The highest BCUT2D eigenvalue weighted by atomic mass is 16.3. The van der Waals surface area contributed by atoms with Gasteiger partial charge in [0.2, 0.25) is 0 Å². The number of rotatable bonds is 3. The Morgan fingerprint density at radius 1 is 1.44 bits per heavy atom. The largest absolute Gasteiger partial charge is 0.465 e. The van der Waals surface area contributed by atoms with Crippen molar-refractivity contribution in [1.82, 2.24) is 10.2 Å². The van der Waals surface area contributed by atoms with Gasteiger partial charge in [0.1, 0.15) is 11.5 Å². The lowest BCUT2D eigenvalue weighted by atomic mass is 10.1. The van der Waals surface area contributed by atoms with Gasteiger partial charge in [-0.2, -0.15) is 0 Å². The molecule has 0 spiro atoms. The summed E-state index contributed by atoms with van der Waals surface area (Å²) in [6, 6.07) is 5.26. The monoisotopic (exact) mass is 250 g/mol. The average molecular weight is 250 g/mol. The first-order chi connectivity index (χ1) is 8.70. The van der Waals surface area contributed by atoms with Crippen molar-refractivity contribution in [3.05, 3.63) is 23.7 Å². The van der Waals surface area contributed by atoms with Gasteiger partial charge < -0.3 is 9.73 Å². The lowest BCUT2D eigenvalue weighted by Gasteiger charge is -2.32. The molecule has 1 aliphatic heterocycles. The van der Waals surface area contributed by atoms with E-state index in [2.05, 4.69) is 36.2 Å². The first-order valence-electron chi connectivity index (χ1n) is 7.24. The van der Waals surface area contributed by atoms with E-state index in [4.69, 9.17) is 4.42 Å². The molecule has 2 heterocycles. The van der Waals surface area contributed by atoms with Crippen LogP contribution in [0.4, 0.5) is 0 Å². The van der Waals surface area contributed by atoms with Crippen LogP contribution in [0.15, 0.2) is 16.5 Å². The number of aryl methyl sites for hydroxylation is 1. The van der Waals surface area contributed by atoms with E-state index in [1.165, 1.54) is 19.3 Å². The van der Waals surface area contributed by atoms with Crippen LogP contribution in [0.25, 0.3) is 0 Å². The fraction of sp³-hybridized carbons (Fsp3) is 0.733. The van der Waals surface area contributed by atoms with Gasteiger partial charge in [0.05, 0.1) is 6.04 Å². The van der Waals surface area contributed by atoms with Crippen LogP contribution in [0.2, 0.25) is 0 Å². The molecule has 3 nitrogen and oxygen atoms in total. The predicted octanol–water partition coefficient (Wildman–Crippen LogP) is 3.11. The summed E-state index contributed by atoms with van der Waals surface area (Å²) >= 11 is 0. The van der Waals surface area contributed by atoms with E-state index in [-0.39, 0.29) is 0 Å². The van der Waals surface area contributed by atoms with Crippen LogP contribution in [0.3, 0.4) is 0 Å². The Hall–Kier alpha value is -0.800. The highest BCUT2D eigenvalue weighted by molar-refractivity contribution is 5.09. The second kappa shape index (κ2) is 6.39. The van der Waals surface area contributed by atoms with E-state index in [9.17, 15) is 0 Å². The molecule has 1 aromatic rings. The van der Waals surface area contributed by atoms with Crippen molar-refractivity contribution in [2.24, 2.45) is 0 Å². The number of nitrogens with one attached hydrogen (secondary N) is 1. The first-order valence-corrected chi connectivity index (χ1v) is 7.24. The summed E-state index contributed by atoms with van der Waals surface area (Å²) in [5, 5.41) is 3.62. The molecule has 3 heteroatoms. The zero-order valence-electron chi connectivity index (χ0n) is 11.9. The van der Waals surface area contributed by atoms with Crippen molar-refractivity contribution in [1.29, 1.82) is 0 Å². The molecule has 1 saturated heterocycles. The third-order valence-corrected chi connectivity index (χ3v) is 4.03. The molecule has 1 fully saturated rings. The van der Waals surface area contributed by atoms with Crippen molar-refractivity contribution in [3.8, 4) is 0 Å². The maximum Gasteiger partial charge on any atom is 0.121 e. The second-order valence-electron chi connectivity index (χ2n) is 5.36. The Balaban J connectivity index is 1.97. The van der Waals surface area contributed by atoms with Crippen molar-refractivity contribution >= 4 is 0 Å². The van der Waals surface area contributed by atoms with Crippen LogP contribution in [-0.4, -0.2) is 30.6 Å². The Bertz CT molecular complexity index is 361. The van der Waals surface area contributed by atoms with Gasteiger partial charge in [-0.1, -0.05) is 6.92 Å². The maximum atomic E-state index is 5.77. The Morgan fingerprint density at radius 3 is 2.94 bits per heavy atom. The molecule has 2 atom stereocenters. The minimum absolute atomic E-state index is 0.398. The first kappa shape index (κ1) is 13.6. The second-order valence-corrected chi connectivity index (χ2v) is 5.36. The molecule has 0 aliphatic carbocycles. The molecule has 0 radical (unpaired) electrons. The fourth-order valence-electron chi connectivity index (χ4n) is 2.72. The quantitative estimate of drug-likeness (QED) is 0.893. The average Bonchev–Trinajstić information content (AvgIpc) is 2.75. The summed E-state index contributed by atoms with van der Waals surface area (Å²) in [5.74, 6) is 2.12. The molecule has 1 aliphatic rings. The van der Waals surface area contributed by atoms with E-state index >= 15 is 0 Å². The molecule has 2 unspecified atom stereocenters. The summed E-state index contributed by atoms with van der Waals surface area (Å²) in [6.07, 6.45) is 3.68. The van der Waals surface area contributed by atoms with Crippen LogP contribution >= 0.6 is 0 Å². The van der Waals surface area contributed by atoms with Crippen molar-refractivity contribution in [3.63, 3.8) is 0 Å². The van der Waals surface area contributed by atoms with Crippen LogP contribution in [-0.2, 0) is 0 Å². The van der Waals surface area contributed by atoms with Gasteiger partial charge in [0.15, 0.2) is 0 Å². The SMILES string of the molecule is CCC1CCN(C(C)c2ccc(C)o2)CCCN1. The Morgan fingerprint density at radius 2 is 2.28 bits per heavy atom. The van der Waals surface area contributed by atoms with Crippen LogP contribution in [0.1, 0.15) is 50.7 Å². The maximum absolute atomic E-state index is 5.77. The topological polar surface area (TPSA) is 28.4 Å². The molecular formula is C15H26N2O. The third kappa shape index (κ3) is 3.36. The fourth-order valence-corrected chi connectivity index (χ4v) is 2.72. The zero-order valence-corrected chi connectivity index (χ0v) is 11.9. The van der Waals surface area contributed by atoms with E-state index in [1.807, 2.05) is 6.92 Å². The van der Waals surface area contributed by atoms with Crippen LogP contribution in [0.5, 0.6) is 0 Å². The molecule has 0 saturated carbocycles. The van der Waals surface area contributed by atoms with Crippen molar-refractivity contribution < 1.29 is 4.42 Å². The summed E-state index contributed by atoms with van der Waals surface area (Å²) in [4.78, 5) is 2.56. The number of furan rings is 1. The number of hydrogen-bond donors (Lipinski definition) is 1. The van der Waals surface area contributed by atoms with Crippen LogP contribution in [0, 0.1) is 6.92 Å². The molecule has 0 bridgehead atoms.